The van der Waals surface area contributed by atoms with E-state index in [-0.39, 0.29) is 0 Å². The second kappa shape index (κ2) is 5.59. The molecule has 0 amide bonds. The Balaban J connectivity index is 1.55. The fourth-order valence-electron chi connectivity index (χ4n) is 3.10. The van der Waals surface area contributed by atoms with Crippen LogP contribution in [0.25, 0.3) is 11.4 Å². The average molecular weight is 305 g/mol. The molecule has 3 heterocycles. The van der Waals surface area contributed by atoms with E-state index < -0.39 is 0 Å². The number of fused-ring (bicyclic) bond motifs is 1. The highest BCUT2D eigenvalue weighted by Crippen LogP contribution is 2.25. The molecule has 0 bridgehead atoms. The van der Waals surface area contributed by atoms with Crippen LogP contribution in [0.2, 0.25) is 0 Å². The minimum Gasteiger partial charge on any atom is -0.289 e. The minimum absolute atomic E-state index is 0.809. The summed E-state index contributed by atoms with van der Waals surface area (Å²) in [6, 6.07) is 10.1. The van der Waals surface area contributed by atoms with Gasteiger partial charge in [0.2, 0.25) is 0 Å². The van der Waals surface area contributed by atoms with Crippen LogP contribution in [0.4, 0.5) is 0 Å². The van der Waals surface area contributed by atoms with E-state index in [0.717, 1.165) is 42.4 Å². The third-order valence-corrected chi connectivity index (χ3v) is 4.26. The Morgan fingerprint density at radius 1 is 1.13 bits per heavy atom. The van der Waals surface area contributed by atoms with Crippen molar-refractivity contribution in [2.75, 3.05) is 0 Å². The molecule has 4 rings (SSSR count). The summed E-state index contributed by atoms with van der Waals surface area (Å²) >= 11 is 0. The first-order valence-electron chi connectivity index (χ1n) is 7.81. The Kier molecular flexibility index (Phi) is 3.42. The third-order valence-electron chi connectivity index (χ3n) is 4.26. The van der Waals surface area contributed by atoms with Gasteiger partial charge in [-0.2, -0.15) is 5.10 Å². The lowest BCUT2D eigenvalue weighted by Crippen LogP contribution is -2.16. The van der Waals surface area contributed by atoms with Gasteiger partial charge in [-0.15, -0.1) is 0 Å². The molecule has 3 aromatic rings. The van der Waals surface area contributed by atoms with Crippen molar-refractivity contribution in [2.45, 2.75) is 26.6 Å². The predicted molar refractivity (Wildman–Crippen MR) is 88.4 cm³/mol. The van der Waals surface area contributed by atoms with Crippen LogP contribution in [0.5, 0.6) is 0 Å². The number of nitrogens with zero attached hydrogens (tertiary/aromatic N) is 5. The van der Waals surface area contributed by atoms with Gasteiger partial charge in [0, 0.05) is 55.8 Å². The van der Waals surface area contributed by atoms with Crippen LogP contribution >= 0.6 is 0 Å². The molecule has 1 aliphatic heterocycles. The highest BCUT2D eigenvalue weighted by atomic mass is 15.3. The molecule has 0 aliphatic carbocycles. The smallest absolute Gasteiger partial charge is 0.159 e. The van der Waals surface area contributed by atoms with Crippen LogP contribution in [0.1, 0.15) is 22.5 Å². The quantitative estimate of drug-likeness (QED) is 0.746. The van der Waals surface area contributed by atoms with E-state index >= 15 is 0 Å². The van der Waals surface area contributed by atoms with Crippen molar-refractivity contribution in [3.05, 3.63) is 65.2 Å². The van der Waals surface area contributed by atoms with E-state index in [1.807, 2.05) is 48.3 Å². The first-order valence-corrected chi connectivity index (χ1v) is 7.81. The third kappa shape index (κ3) is 2.75. The van der Waals surface area contributed by atoms with Gasteiger partial charge in [-0.1, -0.05) is 30.3 Å². The van der Waals surface area contributed by atoms with Crippen molar-refractivity contribution in [2.24, 2.45) is 7.05 Å². The van der Waals surface area contributed by atoms with Crippen molar-refractivity contribution < 1.29 is 0 Å². The summed E-state index contributed by atoms with van der Waals surface area (Å²) in [6.45, 7) is 4.73. The van der Waals surface area contributed by atoms with Crippen LogP contribution in [0, 0.1) is 6.92 Å². The number of benzene rings is 1. The minimum atomic E-state index is 0.809. The highest BCUT2D eigenvalue weighted by Gasteiger charge is 2.22. The maximum absolute atomic E-state index is 4.77. The van der Waals surface area contributed by atoms with E-state index in [2.05, 4.69) is 28.1 Å². The van der Waals surface area contributed by atoms with Crippen LogP contribution in [-0.4, -0.2) is 24.6 Å². The van der Waals surface area contributed by atoms with Crippen molar-refractivity contribution in [3.63, 3.8) is 0 Å². The van der Waals surface area contributed by atoms with Crippen LogP contribution < -0.4 is 0 Å². The Hall–Kier alpha value is -2.53. The summed E-state index contributed by atoms with van der Waals surface area (Å²) in [4.78, 5) is 11.7. The summed E-state index contributed by atoms with van der Waals surface area (Å²) < 4.78 is 1.88. The molecule has 116 valence electrons. The zero-order valence-corrected chi connectivity index (χ0v) is 13.4. The van der Waals surface area contributed by atoms with Gasteiger partial charge >= 0.3 is 0 Å². The van der Waals surface area contributed by atoms with Gasteiger partial charge in [-0.25, -0.2) is 9.97 Å². The molecule has 1 aliphatic rings. The lowest BCUT2D eigenvalue weighted by molar-refractivity contribution is 0.273. The van der Waals surface area contributed by atoms with Gasteiger partial charge in [-0.3, -0.25) is 9.58 Å². The Labute approximate surface area is 135 Å². The molecule has 0 spiro atoms. The molecule has 5 heteroatoms. The molecule has 0 saturated carbocycles. The molecule has 0 radical (unpaired) electrons. The standard InChI is InChI=1S/C18H19N5/c1-13-16(9-22(2)21-13)11-23-10-15-8-19-18(20-17(15)12-23)14-6-4-3-5-7-14/h3-9H,10-12H2,1-2H3. The largest absolute Gasteiger partial charge is 0.289 e. The lowest BCUT2D eigenvalue weighted by Gasteiger charge is -2.13. The van der Waals surface area contributed by atoms with Crippen molar-refractivity contribution in [1.82, 2.24) is 24.6 Å². The van der Waals surface area contributed by atoms with E-state index in [1.54, 1.807) is 0 Å². The maximum Gasteiger partial charge on any atom is 0.159 e. The molecule has 5 nitrogen and oxygen atoms in total. The first-order chi connectivity index (χ1) is 11.2. The maximum atomic E-state index is 4.77. The first kappa shape index (κ1) is 14.1. The Bertz CT molecular complexity index is 838. The molecule has 0 atom stereocenters. The molecule has 1 aromatic carbocycles. The van der Waals surface area contributed by atoms with Crippen LogP contribution in [0.15, 0.2) is 42.7 Å². The number of hydrogen-bond acceptors (Lipinski definition) is 4. The van der Waals surface area contributed by atoms with E-state index in [1.165, 1.54) is 11.1 Å². The zero-order valence-electron chi connectivity index (χ0n) is 13.4. The summed E-state index contributed by atoms with van der Waals surface area (Å²) in [5, 5.41) is 4.42. The summed E-state index contributed by atoms with van der Waals surface area (Å²) in [6.07, 6.45) is 4.07. The Morgan fingerprint density at radius 3 is 2.70 bits per heavy atom. The van der Waals surface area contributed by atoms with E-state index in [9.17, 15) is 0 Å². The Morgan fingerprint density at radius 2 is 1.96 bits per heavy atom. The topological polar surface area (TPSA) is 46.8 Å². The molecular weight excluding hydrogens is 286 g/mol. The van der Waals surface area contributed by atoms with Gasteiger partial charge in [0.25, 0.3) is 0 Å². The van der Waals surface area contributed by atoms with Crippen LogP contribution in [0.3, 0.4) is 0 Å². The van der Waals surface area contributed by atoms with Gasteiger partial charge in [-0.05, 0) is 6.92 Å². The molecule has 0 unspecified atom stereocenters. The summed E-state index contributed by atoms with van der Waals surface area (Å²) in [5.41, 5.74) is 5.81. The SMILES string of the molecule is Cc1nn(C)cc1CN1Cc2cnc(-c3ccccc3)nc2C1. The molecule has 0 fully saturated rings. The van der Waals surface area contributed by atoms with Crippen molar-refractivity contribution >= 4 is 0 Å². The van der Waals surface area contributed by atoms with Crippen LogP contribution in [-0.2, 0) is 26.7 Å². The molecule has 2 aromatic heterocycles. The zero-order chi connectivity index (χ0) is 15.8. The predicted octanol–water partition coefficient (Wildman–Crippen LogP) is 2.70. The second-order valence-corrected chi connectivity index (χ2v) is 6.09. The fraction of sp³-hybridized carbons (Fsp3) is 0.278. The van der Waals surface area contributed by atoms with E-state index in [0.29, 0.717) is 0 Å². The van der Waals surface area contributed by atoms with Gasteiger partial charge in [0.15, 0.2) is 5.82 Å². The molecule has 0 N–H and O–H groups in total. The van der Waals surface area contributed by atoms with Gasteiger partial charge in [0.1, 0.15) is 0 Å². The lowest BCUT2D eigenvalue weighted by atomic mass is 10.2. The summed E-state index contributed by atoms with van der Waals surface area (Å²) in [7, 11) is 1.97. The number of aryl methyl sites for hydroxylation is 2. The normalized spacial score (nSPS) is 14.2. The molecular formula is C18H19N5. The van der Waals surface area contributed by atoms with Crippen molar-refractivity contribution in [3.8, 4) is 11.4 Å². The molecule has 0 saturated heterocycles. The average Bonchev–Trinajstić information content (AvgIpc) is 3.10. The van der Waals surface area contributed by atoms with Crippen molar-refractivity contribution in [1.29, 1.82) is 0 Å². The number of rotatable bonds is 3. The van der Waals surface area contributed by atoms with Gasteiger partial charge in [0.05, 0.1) is 11.4 Å². The van der Waals surface area contributed by atoms with E-state index in [4.69, 9.17) is 4.98 Å². The molecule has 23 heavy (non-hydrogen) atoms. The van der Waals surface area contributed by atoms with Gasteiger partial charge < -0.3 is 0 Å². The number of aromatic nitrogens is 4. The summed E-state index contributed by atoms with van der Waals surface area (Å²) in [5.74, 6) is 0.809. The number of hydrogen-bond donors (Lipinski definition) is 0. The highest BCUT2D eigenvalue weighted by molar-refractivity contribution is 5.54. The monoisotopic (exact) mass is 305 g/mol. The second-order valence-electron chi connectivity index (χ2n) is 6.09. The fourth-order valence-corrected chi connectivity index (χ4v) is 3.10.